The predicted octanol–water partition coefficient (Wildman–Crippen LogP) is 6.04. The van der Waals surface area contributed by atoms with Gasteiger partial charge in [0.25, 0.3) is 6.47 Å². The van der Waals surface area contributed by atoms with Gasteiger partial charge in [-0.15, -0.1) is 0 Å². The van der Waals surface area contributed by atoms with Crippen molar-refractivity contribution in [3.05, 3.63) is 11.8 Å². The quantitative estimate of drug-likeness (QED) is 0.481. The first-order valence-electron chi connectivity index (χ1n) is 13.9. The smallest absolute Gasteiger partial charge is 0.293 e. The molecular formula is C30H48O4. The summed E-state index contributed by atoms with van der Waals surface area (Å²) in [5.74, 6) is 3.38. The fourth-order valence-corrected chi connectivity index (χ4v) is 10.5. The van der Waals surface area contributed by atoms with E-state index in [4.69, 9.17) is 4.74 Å². The van der Waals surface area contributed by atoms with Crippen molar-refractivity contribution in [3.8, 4) is 0 Å². The summed E-state index contributed by atoms with van der Waals surface area (Å²) in [5, 5.41) is 22.8. The fourth-order valence-electron chi connectivity index (χ4n) is 10.5. The summed E-state index contributed by atoms with van der Waals surface area (Å²) in [7, 11) is 0. The second kappa shape index (κ2) is 7.46. The van der Waals surface area contributed by atoms with Gasteiger partial charge in [-0.3, -0.25) is 4.79 Å². The Morgan fingerprint density at radius 2 is 1.53 bits per heavy atom. The Morgan fingerprint density at radius 3 is 2.21 bits per heavy atom. The summed E-state index contributed by atoms with van der Waals surface area (Å²) in [4.78, 5) is 11.7. The van der Waals surface area contributed by atoms with E-state index in [-0.39, 0.29) is 33.2 Å². The lowest BCUT2D eigenvalue weighted by Crippen LogP contribution is -2.70. The highest BCUT2D eigenvalue weighted by Gasteiger charge is 2.72. The van der Waals surface area contributed by atoms with Gasteiger partial charge < -0.3 is 14.9 Å². The molecule has 5 aliphatic carbocycles. The number of ether oxygens (including phenoxy) is 1. The van der Waals surface area contributed by atoms with Crippen LogP contribution < -0.4 is 0 Å². The van der Waals surface area contributed by atoms with E-state index in [1.165, 1.54) is 11.8 Å². The first kappa shape index (κ1) is 25.1. The van der Waals surface area contributed by atoms with Gasteiger partial charge in [0.1, 0.15) is 5.60 Å². The van der Waals surface area contributed by atoms with Gasteiger partial charge in [0, 0.05) is 11.8 Å². The molecule has 4 heteroatoms. The third kappa shape index (κ3) is 3.06. The molecule has 192 valence electrons. The molecule has 0 saturated heterocycles. The lowest BCUT2D eigenvalue weighted by Gasteiger charge is -2.73. The van der Waals surface area contributed by atoms with Gasteiger partial charge in [0.2, 0.25) is 0 Å². The molecule has 5 aliphatic rings. The molecule has 0 bridgehead atoms. The molecule has 0 heterocycles. The average molecular weight is 473 g/mol. The number of carbonyl (C=O) groups excluding carboxylic acids is 1. The van der Waals surface area contributed by atoms with Crippen molar-refractivity contribution < 1.29 is 19.7 Å². The van der Waals surface area contributed by atoms with Crippen LogP contribution in [0, 0.1) is 50.7 Å². The van der Waals surface area contributed by atoms with Crippen LogP contribution in [-0.2, 0) is 9.53 Å². The van der Waals surface area contributed by atoms with E-state index in [0.717, 1.165) is 64.2 Å². The lowest BCUT2D eigenvalue weighted by molar-refractivity contribution is -0.229. The van der Waals surface area contributed by atoms with Crippen LogP contribution in [0.1, 0.15) is 113 Å². The predicted molar refractivity (Wildman–Crippen MR) is 133 cm³/mol. The van der Waals surface area contributed by atoms with E-state index in [0.29, 0.717) is 18.3 Å². The number of carbonyl (C=O) groups is 1. The molecule has 0 amide bonds. The first-order valence-corrected chi connectivity index (χ1v) is 13.9. The van der Waals surface area contributed by atoms with Gasteiger partial charge in [0.05, 0.1) is 12.2 Å². The van der Waals surface area contributed by atoms with Crippen LogP contribution in [0.25, 0.3) is 0 Å². The van der Waals surface area contributed by atoms with Gasteiger partial charge in [-0.2, -0.15) is 0 Å². The van der Waals surface area contributed by atoms with Crippen molar-refractivity contribution in [3.63, 3.8) is 0 Å². The van der Waals surface area contributed by atoms with Crippen LogP contribution in [0.2, 0.25) is 0 Å². The molecule has 0 aromatic carbocycles. The third-order valence-electron chi connectivity index (χ3n) is 12.7. The van der Waals surface area contributed by atoms with Crippen LogP contribution in [0.3, 0.4) is 0 Å². The van der Waals surface area contributed by atoms with Crippen LogP contribution >= 0.6 is 0 Å². The highest BCUT2D eigenvalue weighted by atomic mass is 16.5. The number of fused-ring (bicyclic) bond motifs is 7. The Bertz CT molecular complexity index is 836. The van der Waals surface area contributed by atoms with Crippen molar-refractivity contribution in [2.45, 2.75) is 130 Å². The summed E-state index contributed by atoms with van der Waals surface area (Å²) in [6, 6.07) is 0. The molecule has 34 heavy (non-hydrogen) atoms. The maximum absolute atomic E-state index is 12.0. The Hall–Kier alpha value is -0.610. The summed E-state index contributed by atoms with van der Waals surface area (Å²) >= 11 is 0. The highest BCUT2D eigenvalue weighted by molar-refractivity contribution is 5.47. The normalized spacial score (nSPS) is 52.5. The van der Waals surface area contributed by atoms with Crippen molar-refractivity contribution in [2.75, 3.05) is 0 Å². The van der Waals surface area contributed by atoms with Crippen molar-refractivity contribution in [1.29, 1.82) is 0 Å². The van der Waals surface area contributed by atoms with E-state index in [9.17, 15) is 15.0 Å². The van der Waals surface area contributed by atoms with Gasteiger partial charge in [-0.05, 0) is 103 Å². The topological polar surface area (TPSA) is 66.8 Å². The minimum absolute atomic E-state index is 0.0904. The molecule has 0 aromatic rings. The average Bonchev–Trinajstić information content (AvgIpc) is 2.74. The molecule has 5 saturated carbocycles. The van der Waals surface area contributed by atoms with Crippen LogP contribution in [0.5, 0.6) is 0 Å². The Morgan fingerprint density at radius 1 is 0.853 bits per heavy atom. The molecular weight excluding hydrogens is 424 g/mol. The first-order chi connectivity index (χ1) is 15.7. The zero-order chi connectivity index (χ0) is 24.9. The van der Waals surface area contributed by atoms with Crippen molar-refractivity contribution in [1.82, 2.24) is 0 Å². The van der Waals surface area contributed by atoms with E-state index in [1.807, 2.05) is 0 Å². The number of aliphatic hydroxyl groups excluding tert-OH is 2. The summed E-state index contributed by atoms with van der Waals surface area (Å²) in [5.41, 5.74) is -0.341. The van der Waals surface area contributed by atoms with Gasteiger partial charge >= 0.3 is 0 Å². The van der Waals surface area contributed by atoms with Gasteiger partial charge in [-0.1, -0.05) is 48.5 Å². The van der Waals surface area contributed by atoms with Crippen LogP contribution in [0.15, 0.2) is 0 Å². The molecule has 2 radical (unpaired) electrons. The van der Waals surface area contributed by atoms with Gasteiger partial charge in [0.15, 0.2) is 0 Å². The van der Waals surface area contributed by atoms with E-state index in [1.54, 1.807) is 0 Å². The van der Waals surface area contributed by atoms with E-state index in [2.05, 4.69) is 48.5 Å². The maximum atomic E-state index is 12.0. The SMILES string of the molecule is CC1(C)CC[C@]2(OC=O)CC[C@]3(C)[C]([C]2C1)[C@H](O)C[C@@H]1[C@@]2(C)CC[C@H](O)C(C)(C)[C@@H]2CC[C@]13C. The summed E-state index contributed by atoms with van der Waals surface area (Å²) < 4.78 is 5.95. The standard InChI is InChI=1S/C30H48O4/c1-25(2)12-14-30(34-18-31)15-13-29(7)24(19(30)17-25)20(32)16-22-27(5)10-9-23(33)26(3,4)21(27)8-11-28(22,29)6/h18,20-23,32-33H,8-17H2,1-7H3/t20-,21+,22-,23+,27+,28-,29-,30+/m1/s1. The molecule has 8 atom stereocenters. The molecule has 5 rings (SSSR count). The zero-order valence-corrected chi connectivity index (χ0v) is 22.7. The second-order valence-corrected chi connectivity index (χ2v) is 15.0. The number of hydrogen-bond donors (Lipinski definition) is 2. The van der Waals surface area contributed by atoms with Crippen LogP contribution in [0.4, 0.5) is 0 Å². The Kier molecular flexibility index (Phi) is 5.50. The van der Waals surface area contributed by atoms with E-state index >= 15 is 0 Å². The molecule has 4 nitrogen and oxygen atoms in total. The zero-order valence-electron chi connectivity index (χ0n) is 22.7. The number of aliphatic hydroxyl groups is 2. The number of hydrogen-bond acceptors (Lipinski definition) is 4. The second-order valence-electron chi connectivity index (χ2n) is 15.0. The van der Waals surface area contributed by atoms with Crippen molar-refractivity contribution in [2.24, 2.45) is 38.9 Å². The minimum atomic E-state index is -0.520. The Balaban J connectivity index is 1.57. The summed E-state index contributed by atoms with van der Waals surface area (Å²) in [6.45, 7) is 17.3. The monoisotopic (exact) mass is 472 g/mol. The highest BCUT2D eigenvalue weighted by Crippen LogP contribution is 2.77. The Labute approximate surface area is 207 Å². The molecule has 2 N–H and O–H groups in total. The molecule has 0 aromatic heterocycles. The summed E-state index contributed by atoms with van der Waals surface area (Å²) in [6.07, 6.45) is 8.92. The number of rotatable bonds is 2. The maximum Gasteiger partial charge on any atom is 0.293 e. The van der Waals surface area contributed by atoms with Crippen LogP contribution in [-0.4, -0.2) is 34.5 Å². The fraction of sp³-hybridized carbons (Fsp3) is 0.900. The third-order valence-corrected chi connectivity index (χ3v) is 12.7. The molecule has 0 unspecified atom stereocenters. The van der Waals surface area contributed by atoms with Crippen molar-refractivity contribution >= 4 is 6.47 Å². The largest absolute Gasteiger partial charge is 0.461 e. The molecule has 5 fully saturated rings. The minimum Gasteiger partial charge on any atom is -0.461 e. The molecule has 0 spiro atoms. The lowest BCUT2D eigenvalue weighted by atomic mass is 9.32. The van der Waals surface area contributed by atoms with Gasteiger partial charge in [-0.25, -0.2) is 0 Å². The molecule has 0 aliphatic heterocycles. The van der Waals surface area contributed by atoms with E-state index < -0.39 is 11.7 Å².